The Bertz CT molecular complexity index is 716. The summed E-state index contributed by atoms with van der Waals surface area (Å²) >= 11 is 0. The van der Waals surface area contributed by atoms with Gasteiger partial charge in [-0.1, -0.05) is 18.2 Å². The number of nitrogens with zero attached hydrogens (tertiary/aromatic N) is 2. The monoisotopic (exact) mass is 328 g/mol. The summed E-state index contributed by atoms with van der Waals surface area (Å²) in [6, 6.07) is 11.9. The molecule has 1 fully saturated rings. The number of ether oxygens (including phenoxy) is 2. The van der Waals surface area contributed by atoms with Gasteiger partial charge in [-0.05, 0) is 32.9 Å². The van der Waals surface area contributed by atoms with E-state index in [1.165, 1.54) is 0 Å². The summed E-state index contributed by atoms with van der Waals surface area (Å²) in [5.41, 5.74) is 0.473. The van der Waals surface area contributed by atoms with Crippen LogP contribution in [0, 0.1) is 0 Å². The van der Waals surface area contributed by atoms with Crippen molar-refractivity contribution in [2.24, 2.45) is 0 Å². The second-order valence-electron chi connectivity index (χ2n) is 7.13. The van der Waals surface area contributed by atoms with Gasteiger partial charge in [-0.25, -0.2) is 9.78 Å². The highest BCUT2D eigenvalue weighted by Crippen LogP contribution is 2.21. The average molecular weight is 328 g/mol. The van der Waals surface area contributed by atoms with Gasteiger partial charge < -0.3 is 14.4 Å². The fraction of sp³-hybridized carbons (Fsp3) is 0.474. The third-order valence-electron chi connectivity index (χ3n) is 3.95. The Hall–Kier alpha value is -2.30. The van der Waals surface area contributed by atoms with E-state index in [-0.39, 0.29) is 12.2 Å². The van der Waals surface area contributed by atoms with E-state index in [0.29, 0.717) is 19.0 Å². The molecule has 24 heavy (non-hydrogen) atoms. The molecule has 1 aliphatic heterocycles. The fourth-order valence-electron chi connectivity index (χ4n) is 2.77. The van der Waals surface area contributed by atoms with Gasteiger partial charge in [0.1, 0.15) is 11.7 Å². The quantitative estimate of drug-likeness (QED) is 0.836. The molecule has 0 radical (unpaired) electrons. The molecule has 0 unspecified atom stereocenters. The summed E-state index contributed by atoms with van der Waals surface area (Å²) in [4.78, 5) is 18.4. The van der Waals surface area contributed by atoms with E-state index in [1.807, 2.05) is 57.2 Å². The fourth-order valence-corrected chi connectivity index (χ4v) is 2.77. The number of hydrogen-bond donors (Lipinski definition) is 0. The minimum Gasteiger partial charge on any atom is -0.474 e. The minimum atomic E-state index is -0.459. The molecule has 0 saturated carbocycles. The highest BCUT2D eigenvalue weighted by atomic mass is 16.6. The molecule has 3 rings (SSSR count). The van der Waals surface area contributed by atoms with Gasteiger partial charge in [0, 0.05) is 37.4 Å². The molecule has 0 spiro atoms. The first-order valence-corrected chi connectivity index (χ1v) is 8.41. The summed E-state index contributed by atoms with van der Waals surface area (Å²) in [6.45, 7) is 6.94. The standard InChI is InChI=1S/C19H24N2O3/c1-19(2,3)24-18(22)21-12-10-15(11-13-21)23-17-9-8-14-6-4-5-7-16(14)20-17/h4-9,15H,10-13H2,1-3H3. The maximum Gasteiger partial charge on any atom is 0.410 e. The third-order valence-corrected chi connectivity index (χ3v) is 3.95. The Balaban J connectivity index is 1.55. The van der Waals surface area contributed by atoms with E-state index in [9.17, 15) is 4.79 Å². The maximum absolute atomic E-state index is 12.1. The van der Waals surface area contributed by atoms with Crippen LogP contribution in [-0.4, -0.2) is 40.8 Å². The van der Waals surface area contributed by atoms with Gasteiger partial charge in [-0.3, -0.25) is 0 Å². The SMILES string of the molecule is CC(C)(C)OC(=O)N1CCC(Oc2ccc3ccccc3n2)CC1. The number of fused-ring (bicyclic) bond motifs is 1. The van der Waals surface area contributed by atoms with Crippen LogP contribution in [0.25, 0.3) is 10.9 Å². The number of likely N-dealkylation sites (tertiary alicyclic amines) is 1. The summed E-state index contributed by atoms with van der Waals surface area (Å²) in [5.74, 6) is 0.643. The van der Waals surface area contributed by atoms with Crippen LogP contribution in [0.3, 0.4) is 0 Å². The predicted octanol–water partition coefficient (Wildman–Crippen LogP) is 4.01. The van der Waals surface area contributed by atoms with Crippen molar-refractivity contribution in [2.45, 2.75) is 45.3 Å². The molecule has 1 saturated heterocycles. The van der Waals surface area contributed by atoms with Crippen molar-refractivity contribution in [1.29, 1.82) is 0 Å². The number of para-hydroxylation sites is 1. The van der Waals surface area contributed by atoms with E-state index in [0.717, 1.165) is 23.7 Å². The molecular formula is C19H24N2O3. The molecule has 5 heteroatoms. The van der Waals surface area contributed by atoms with Crippen molar-refractivity contribution in [2.75, 3.05) is 13.1 Å². The van der Waals surface area contributed by atoms with Crippen LogP contribution in [0.1, 0.15) is 33.6 Å². The molecule has 0 N–H and O–H groups in total. The first-order chi connectivity index (χ1) is 11.4. The van der Waals surface area contributed by atoms with Gasteiger partial charge in [0.2, 0.25) is 5.88 Å². The lowest BCUT2D eigenvalue weighted by atomic mass is 10.1. The second-order valence-corrected chi connectivity index (χ2v) is 7.13. The molecule has 1 aliphatic rings. The van der Waals surface area contributed by atoms with E-state index in [2.05, 4.69) is 4.98 Å². The van der Waals surface area contributed by atoms with Crippen LogP contribution >= 0.6 is 0 Å². The Morgan fingerprint density at radius 3 is 2.54 bits per heavy atom. The number of aromatic nitrogens is 1. The number of piperidine rings is 1. The van der Waals surface area contributed by atoms with Crippen molar-refractivity contribution in [3.63, 3.8) is 0 Å². The molecule has 1 amide bonds. The van der Waals surface area contributed by atoms with Crippen LogP contribution in [0.15, 0.2) is 36.4 Å². The third kappa shape index (κ3) is 4.16. The van der Waals surface area contributed by atoms with Gasteiger partial charge in [0.25, 0.3) is 0 Å². The number of benzene rings is 1. The zero-order chi connectivity index (χ0) is 17.2. The lowest BCUT2D eigenvalue weighted by Gasteiger charge is -2.33. The first kappa shape index (κ1) is 16.6. The lowest BCUT2D eigenvalue weighted by Crippen LogP contribution is -2.44. The molecule has 2 heterocycles. The molecule has 128 valence electrons. The number of hydrogen-bond acceptors (Lipinski definition) is 4. The molecule has 2 aromatic rings. The van der Waals surface area contributed by atoms with Crippen LogP contribution in [0.4, 0.5) is 4.79 Å². The van der Waals surface area contributed by atoms with E-state index in [4.69, 9.17) is 9.47 Å². The van der Waals surface area contributed by atoms with Crippen molar-refractivity contribution in [3.05, 3.63) is 36.4 Å². The number of carbonyl (C=O) groups excluding carboxylic acids is 1. The Labute approximate surface area is 142 Å². The number of carbonyl (C=O) groups is 1. The van der Waals surface area contributed by atoms with Crippen molar-refractivity contribution >= 4 is 17.0 Å². The van der Waals surface area contributed by atoms with Gasteiger partial charge in [-0.15, -0.1) is 0 Å². The minimum absolute atomic E-state index is 0.0809. The summed E-state index contributed by atoms with van der Waals surface area (Å²) < 4.78 is 11.4. The molecule has 0 aliphatic carbocycles. The molecular weight excluding hydrogens is 304 g/mol. The van der Waals surface area contributed by atoms with Crippen LogP contribution in [0.2, 0.25) is 0 Å². The van der Waals surface area contributed by atoms with E-state index in [1.54, 1.807) is 4.90 Å². The predicted molar refractivity (Wildman–Crippen MR) is 93.2 cm³/mol. The highest BCUT2D eigenvalue weighted by Gasteiger charge is 2.27. The van der Waals surface area contributed by atoms with Crippen LogP contribution in [-0.2, 0) is 4.74 Å². The first-order valence-electron chi connectivity index (χ1n) is 8.41. The van der Waals surface area contributed by atoms with Crippen LogP contribution in [0.5, 0.6) is 5.88 Å². The molecule has 1 aromatic carbocycles. The van der Waals surface area contributed by atoms with Gasteiger partial charge in [0.15, 0.2) is 0 Å². The smallest absolute Gasteiger partial charge is 0.410 e. The Kier molecular flexibility index (Phi) is 4.60. The molecule has 1 aromatic heterocycles. The number of amides is 1. The molecule has 0 bridgehead atoms. The average Bonchev–Trinajstić information content (AvgIpc) is 2.54. The second kappa shape index (κ2) is 6.67. The largest absolute Gasteiger partial charge is 0.474 e. The number of pyridine rings is 1. The maximum atomic E-state index is 12.1. The van der Waals surface area contributed by atoms with Crippen LogP contribution < -0.4 is 4.74 Å². The Morgan fingerprint density at radius 2 is 1.83 bits per heavy atom. The zero-order valence-corrected chi connectivity index (χ0v) is 14.5. The lowest BCUT2D eigenvalue weighted by molar-refractivity contribution is 0.0123. The summed E-state index contributed by atoms with van der Waals surface area (Å²) in [5, 5.41) is 1.10. The van der Waals surface area contributed by atoms with Gasteiger partial charge in [-0.2, -0.15) is 0 Å². The molecule has 5 nitrogen and oxygen atoms in total. The van der Waals surface area contributed by atoms with E-state index < -0.39 is 5.60 Å². The summed E-state index contributed by atoms with van der Waals surface area (Å²) in [6.07, 6.45) is 1.41. The van der Waals surface area contributed by atoms with E-state index >= 15 is 0 Å². The van der Waals surface area contributed by atoms with Crippen molar-refractivity contribution < 1.29 is 14.3 Å². The van der Waals surface area contributed by atoms with Crippen molar-refractivity contribution in [1.82, 2.24) is 9.88 Å². The normalized spacial score (nSPS) is 16.2. The van der Waals surface area contributed by atoms with Gasteiger partial charge >= 0.3 is 6.09 Å². The highest BCUT2D eigenvalue weighted by molar-refractivity contribution is 5.78. The Morgan fingerprint density at radius 1 is 1.12 bits per heavy atom. The molecule has 0 atom stereocenters. The topological polar surface area (TPSA) is 51.7 Å². The van der Waals surface area contributed by atoms with Gasteiger partial charge in [0.05, 0.1) is 5.52 Å². The number of rotatable bonds is 2. The zero-order valence-electron chi connectivity index (χ0n) is 14.5. The summed E-state index contributed by atoms with van der Waals surface area (Å²) in [7, 11) is 0. The van der Waals surface area contributed by atoms with Crippen molar-refractivity contribution in [3.8, 4) is 5.88 Å².